The van der Waals surface area contributed by atoms with Crippen LogP contribution in [0.3, 0.4) is 0 Å². The van der Waals surface area contributed by atoms with E-state index in [1.165, 1.54) is 12.1 Å². The highest BCUT2D eigenvalue weighted by Crippen LogP contribution is 2.32. The molecule has 0 bridgehead atoms. The van der Waals surface area contributed by atoms with E-state index in [1.54, 1.807) is 13.0 Å². The second-order valence-corrected chi connectivity index (χ2v) is 7.37. The van der Waals surface area contributed by atoms with Crippen LogP contribution >= 0.6 is 11.8 Å². The van der Waals surface area contributed by atoms with Gasteiger partial charge in [-0.15, -0.1) is 0 Å². The Morgan fingerprint density at radius 1 is 1.23 bits per heavy atom. The molecule has 2 aromatic rings. The molecular formula is C21H19N3O6S. The van der Waals surface area contributed by atoms with E-state index >= 15 is 0 Å². The number of ether oxygens (including phenoxy) is 1. The molecule has 1 fully saturated rings. The van der Waals surface area contributed by atoms with Crippen LogP contribution in [0.15, 0.2) is 53.4 Å². The van der Waals surface area contributed by atoms with Crippen molar-refractivity contribution in [2.75, 3.05) is 19.7 Å². The molecule has 1 aliphatic heterocycles. The molecule has 0 atom stereocenters. The molecule has 3 rings (SSSR count). The minimum atomic E-state index is -0.624. The fourth-order valence-electron chi connectivity index (χ4n) is 2.86. The number of carbonyl (C=O) groups excluding carboxylic acids is 3. The normalized spacial score (nSPS) is 14.7. The Balaban J connectivity index is 1.61. The number of hydrogen-bond donors (Lipinski definition) is 1. The summed E-state index contributed by atoms with van der Waals surface area (Å²) in [4.78, 5) is 49.0. The molecule has 1 heterocycles. The topological polar surface area (TPSA) is 119 Å². The summed E-state index contributed by atoms with van der Waals surface area (Å²) in [5.41, 5.74) is 0.568. The van der Waals surface area contributed by atoms with E-state index in [0.717, 1.165) is 28.3 Å². The first-order valence-electron chi connectivity index (χ1n) is 9.40. The summed E-state index contributed by atoms with van der Waals surface area (Å²) in [6, 6.07) is 13.1. The van der Waals surface area contributed by atoms with Crippen molar-refractivity contribution in [3.8, 4) is 5.75 Å². The molecule has 0 unspecified atom stereocenters. The van der Waals surface area contributed by atoms with Crippen LogP contribution in [0.25, 0.3) is 6.08 Å². The molecule has 3 amide bonds. The number of hydrogen-bond acceptors (Lipinski definition) is 7. The van der Waals surface area contributed by atoms with Crippen LogP contribution in [0, 0.1) is 10.1 Å². The lowest BCUT2D eigenvalue weighted by atomic mass is 10.1. The van der Waals surface area contributed by atoms with Crippen molar-refractivity contribution in [1.82, 2.24) is 10.2 Å². The van der Waals surface area contributed by atoms with Gasteiger partial charge in [-0.1, -0.05) is 30.3 Å². The summed E-state index contributed by atoms with van der Waals surface area (Å²) < 4.78 is 5.20. The fourth-order valence-corrected chi connectivity index (χ4v) is 3.72. The Labute approximate surface area is 182 Å². The molecule has 1 aliphatic rings. The van der Waals surface area contributed by atoms with Gasteiger partial charge in [0.15, 0.2) is 5.75 Å². The summed E-state index contributed by atoms with van der Waals surface area (Å²) in [5.74, 6) is -0.908. The third-order valence-electron chi connectivity index (χ3n) is 4.31. The number of rotatable bonds is 8. The van der Waals surface area contributed by atoms with Gasteiger partial charge in [0.25, 0.3) is 17.1 Å². The van der Waals surface area contributed by atoms with E-state index in [1.807, 2.05) is 30.3 Å². The summed E-state index contributed by atoms with van der Waals surface area (Å²) in [5, 5.41) is 13.4. The van der Waals surface area contributed by atoms with E-state index in [9.17, 15) is 24.5 Å². The number of thioether (sulfide) groups is 1. The van der Waals surface area contributed by atoms with Crippen molar-refractivity contribution in [3.63, 3.8) is 0 Å². The molecule has 0 spiro atoms. The SMILES string of the molecule is CCOc1ccc(C(=O)NCCN2C(=O)S/C(=C\c3ccccc3)C2=O)cc1[N+](=O)[O-]. The van der Waals surface area contributed by atoms with E-state index in [2.05, 4.69) is 5.32 Å². The lowest BCUT2D eigenvalue weighted by molar-refractivity contribution is -0.385. The van der Waals surface area contributed by atoms with E-state index < -0.39 is 22.0 Å². The average molecular weight is 441 g/mol. The second kappa shape index (κ2) is 9.90. The zero-order valence-electron chi connectivity index (χ0n) is 16.6. The third-order valence-corrected chi connectivity index (χ3v) is 5.22. The number of amides is 3. The summed E-state index contributed by atoms with van der Waals surface area (Å²) in [6.07, 6.45) is 1.64. The van der Waals surface area contributed by atoms with Gasteiger partial charge in [-0.25, -0.2) is 0 Å². The zero-order chi connectivity index (χ0) is 22.4. The average Bonchev–Trinajstić information content (AvgIpc) is 3.02. The second-order valence-electron chi connectivity index (χ2n) is 6.37. The number of nitrogens with zero attached hydrogens (tertiary/aromatic N) is 2. The largest absolute Gasteiger partial charge is 0.487 e. The van der Waals surface area contributed by atoms with Crippen molar-refractivity contribution < 1.29 is 24.0 Å². The van der Waals surface area contributed by atoms with Gasteiger partial charge >= 0.3 is 5.69 Å². The van der Waals surface area contributed by atoms with Gasteiger partial charge in [0.1, 0.15) is 0 Å². The predicted octanol–water partition coefficient (Wildman–Crippen LogP) is 3.46. The van der Waals surface area contributed by atoms with Crippen molar-refractivity contribution in [2.24, 2.45) is 0 Å². The number of nitrogens with one attached hydrogen (secondary N) is 1. The smallest absolute Gasteiger partial charge is 0.311 e. The Hall–Kier alpha value is -3.66. The van der Waals surface area contributed by atoms with Crippen LogP contribution in [0.5, 0.6) is 5.75 Å². The number of carbonyl (C=O) groups is 3. The molecule has 31 heavy (non-hydrogen) atoms. The van der Waals surface area contributed by atoms with E-state index in [4.69, 9.17) is 4.74 Å². The number of benzene rings is 2. The Morgan fingerprint density at radius 2 is 1.97 bits per heavy atom. The van der Waals surface area contributed by atoms with Gasteiger partial charge < -0.3 is 10.1 Å². The number of nitro benzene ring substituents is 1. The highest BCUT2D eigenvalue weighted by Gasteiger charge is 2.34. The minimum Gasteiger partial charge on any atom is -0.487 e. The first kappa shape index (κ1) is 22.0. The molecule has 2 aromatic carbocycles. The maximum absolute atomic E-state index is 12.5. The van der Waals surface area contributed by atoms with E-state index in [0.29, 0.717) is 4.91 Å². The Kier molecular flexibility index (Phi) is 7.03. The number of nitro groups is 1. The Morgan fingerprint density at radius 3 is 2.65 bits per heavy atom. The molecule has 1 N–H and O–H groups in total. The quantitative estimate of drug-likeness (QED) is 0.378. The van der Waals surface area contributed by atoms with Crippen molar-refractivity contribution >= 4 is 40.6 Å². The van der Waals surface area contributed by atoms with Gasteiger partial charge in [0.05, 0.1) is 16.4 Å². The summed E-state index contributed by atoms with van der Waals surface area (Å²) in [7, 11) is 0. The van der Waals surface area contributed by atoms with Gasteiger partial charge in [-0.05, 0) is 42.5 Å². The summed E-state index contributed by atoms with van der Waals surface area (Å²) in [6.45, 7) is 1.95. The van der Waals surface area contributed by atoms with Gasteiger partial charge in [0, 0.05) is 24.7 Å². The predicted molar refractivity (Wildman–Crippen MR) is 116 cm³/mol. The number of imide groups is 1. The Bertz CT molecular complexity index is 1050. The fraction of sp³-hybridized carbons (Fsp3) is 0.190. The first-order valence-corrected chi connectivity index (χ1v) is 10.2. The van der Waals surface area contributed by atoms with Crippen LogP contribution in [0.1, 0.15) is 22.8 Å². The molecule has 0 saturated carbocycles. The van der Waals surface area contributed by atoms with Crippen LogP contribution in [-0.2, 0) is 4.79 Å². The monoisotopic (exact) mass is 441 g/mol. The molecule has 0 radical (unpaired) electrons. The standard InChI is InChI=1S/C21H19N3O6S/c1-2-30-17-9-8-15(13-16(17)24(28)29)19(25)22-10-11-23-20(26)18(31-21(23)27)12-14-6-4-3-5-7-14/h3-9,12-13H,2,10-11H2,1H3,(H,22,25)/b18-12-. The lowest BCUT2D eigenvalue weighted by Gasteiger charge is -2.13. The molecule has 0 aliphatic carbocycles. The lowest BCUT2D eigenvalue weighted by Crippen LogP contribution is -2.37. The maximum Gasteiger partial charge on any atom is 0.311 e. The highest BCUT2D eigenvalue weighted by atomic mass is 32.2. The van der Waals surface area contributed by atoms with Crippen LogP contribution < -0.4 is 10.1 Å². The minimum absolute atomic E-state index is 0.0104. The van der Waals surface area contributed by atoms with Gasteiger partial charge in [-0.3, -0.25) is 29.4 Å². The molecule has 9 nitrogen and oxygen atoms in total. The van der Waals surface area contributed by atoms with Crippen LogP contribution in [-0.4, -0.2) is 46.6 Å². The first-order chi connectivity index (χ1) is 14.9. The third kappa shape index (κ3) is 5.28. The maximum atomic E-state index is 12.5. The molecule has 160 valence electrons. The molecular weight excluding hydrogens is 422 g/mol. The zero-order valence-corrected chi connectivity index (χ0v) is 17.4. The summed E-state index contributed by atoms with van der Waals surface area (Å²) >= 11 is 0.840. The van der Waals surface area contributed by atoms with E-state index in [-0.39, 0.29) is 36.7 Å². The molecule has 0 aromatic heterocycles. The van der Waals surface area contributed by atoms with Crippen molar-refractivity contribution in [2.45, 2.75) is 6.92 Å². The van der Waals surface area contributed by atoms with Crippen LogP contribution in [0.4, 0.5) is 10.5 Å². The molecule has 10 heteroatoms. The van der Waals surface area contributed by atoms with Crippen LogP contribution in [0.2, 0.25) is 0 Å². The van der Waals surface area contributed by atoms with Gasteiger partial charge in [0.2, 0.25) is 0 Å². The van der Waals surface area contributed by atoms with Gasteiger partial charge in [-0.2, -0.15) is 0 Å². The van der Waals surface area contributed by atoms with Crippen molar-refractivity contribution in [3.05, 3.63) is 74.7 Å². The molecule has 1 saturated heterocycles. The van der Waals surface area contributed by atoms with Crippen molar-refractivity contribution in [1.29, 1.82) is 0 Å². The highest BCUT2D eigenvalue weighted by molar-refractivity contribution is 8.18.